The van der Waals surface area contributed by atoms with Gasteiger partial charge in [0, 0.05) is 19.2 Å². The van der Waals surface area contributed by atoms with Crippen molar-refractivity contribution in [2.24, 2.45) is 0 Å². The Balaban J connectivity index is 1.83. The molecule has 0 saturated heterocycles. The van der Waals surface area contributed by atoms with Crippen molar-refractivity contribution in [2.75, 3.05) is 11.9 Å². The highest BCUT2D eigenvalue weighted by molar-refractivity contribution is 5.95. The van der Waals surface area contributed by atoms with E-state index in [-0.39, 0.29) is 17.3 Å². The van der Waals surface area contributed by atoms with Gasteiger partial charge in [-0.2, -0.15) is 0 Å². The first-order valence-electron chi connectivity index (χ1n) is 8.46. The van der Waals surface area contributed by atoms with Gasteiger partial charge in [0.05, 0.1) is 5.56 Å². The largest absolute Gasteiger partial charge is 0.449 e. The first-order valence-corrected chi connectivity index (χ1v) is 8.46. The van der Waals surface area contributed by atoms with Crippen LogP contribution in [0.5, 0.6) is 0 Å². The Labute approximate surface area is 156 Å². The smallest absolute Gasteiger partial charge is 0.338 e. The summed E-state index contributed by atoms with van der Waals surface area (Å²) >= 11 is 0. The molecule has 142 valence electrons. The van der Waals surface area contributed by atoms with E-state index in [9.17, 15) is 18.8 Å². The lowest BCUT2D eigenvalue weighted by Crippen LogP contribution is -2.36. The van der Waals surface area contributed by atoms with E-state index < -0.39 is 18.0 Å². The second-order valence-electron chi connectivity index (χ2n) is 5.98. The molecule has 0 aliphatic rings. The third kappa shape index (κ3) is 6.54. The van der Waals surface area contributed by atoms with E-state index in [0.717, 1.165) is 5.56 Å². The Hall–Kier alpha value is -3.22. The minimum atomic E-state index is -0.977. The number of ether oxygens (including phenoxy) is 1. The summed E-state index contributed by atoms with van der Waals surface area (Å²) in [7, 11) is 0. The van der Waals surface area contributed by atoms with E-state index >= 15 is 0 Å². The van der Waals surface area contributed by atoms with Crippen LogP contribution in [0.25, 0.3) is 0 Å². The van der Waals surface area contributed by atoms with E-state index in [1.165, 1.54) is 38.1 Å². The van der Waals surface area contributed by atoms with Crippen LogP contribution in [0.4, 0.5) is 10.1 Å². The first kappa shape index (κ1) is 20.1. The maximum atomic E-state index is 12.9. The lowest BCUT2D eigenvalue weighted by molar-refractivity contribution is -0.129. The van der Waals surface area contributed by atoms with Crippen molar-refractivity contribution in [3.8, 4) is 0 Å². The lowest BCUT2D eigenvalue weighted by Gasteiger charge is -2.14. The zero-order valence-corrected chi connectivity index (χ0v) is 15.1. The van der Waals surface area contributed by atoms with Crippen molar-refractivity contribution in [3.63, 3.8) is 0 Å². The molecule has 0 aliphatic carbocycles. The number of benzene rings is 2. The molecule has 6 nitrogen and oxygen atoms in total. The van der Waals surface area contributed by atoms with Crippen LogP contribution in [-0.4, -0.2) is 30.4 Å². The van der Waals surface area contributed by atoms with Gasteiger partial charge in [-0.1, -0.05) is 18.2 Å². The number of hydrogen-bond acceptors (Lipinski definition) is 4. The Morgan fingerprint density at radius 1 is 1.11 bits per heavy atom. The van der Waals surface area contributed by atoms with Gasteiger partial charge in [-0.15, -0.1) is 0 Å². The molecule has 1 atom stereocenters. The van der Waals surface area contributed by atoms with Crippen molar-refractivity contribution in [1.82, 2.24) is 5.32 Å². The van der Waals surface area contributed by atoms with Crippen molar-refractivity contribution in [1.29, 1.82) is 0 Å². The summed E-state index contributed by atoms with van der Waals surface area (Å²) in [6.07, 6.45) is -0.444. The third-order valence-electron chi connectivity index (χ3n) is 3.70. The van der Waals surface area contributed by atoms with Gasteiger partial charge >= 0.3 is 5.97 Å². The second-order valence-corrected chi connectivity index (χ2v) is 5.98. The molecule has 2 N–H and O–H groups in total. The molecule has 0 heterocycles. The number of anilines is 1. The Kier molecular flexibility index (Phi) is 7.05. The van der Waals surface area contributed by atoms with Crippen LogP contribution in [0.1, 0.15) is 29.8 Å². The Bertz CT molecular complexity index is 821. The van der Waals surface area contributed by atoms with Gasteiger partial charge in [0.25, 0.3) is 5.91 Å². The number of carbonyl (C=O) groups is 3. The van der Waals surface area contributed by atoms with E-state index in [0.29, 0.717) is 18.7 Å². The van der Waals surface area contributed by atoms with E-state index in [1.54, 1.807) is 24.3 Å². The minimum Gasteiger partial charge on any atom is -0.449 e. The van der Waals surface area contributed by atoms with Crippen LogP contribution in [0.2, 0.25) is 0 Å². The highest BCUT2D eigenvalue weighted by Crippen LogP contribution is 2.12. The maximum absolute atomic E-state index is 12.9. The van der Waals surface area contributed by atoms with Gasteiger partial charge in [-0.3, -0.25) is 9.59 Å². The highest BCUT2D eigenvalue weighted by Gasteiger charge is 2.18. The lowest BCUT2D eigenvalue weighted by atomic mass is 10.1. The molecule has 0 unspecified atom stereocenters. The fourth-order valence-electron chi connectivity index (χ4n) is 2.33. The molecule has 0 fully saturated rings. The third-order valence-corrected chi connectivity index (χ3v) is 3.70. The molecular weight excluding hydrogens is 351 g/mol. The van der Waals surface area contributed by atoms with Gasteiger partial charge in [-0.25, -0.2) is 9.18 Å². The molecule has 2 amide bonds. The summed E-state index contributed by atoms with van der Waals surface area (Å²) in [4.78, 5) is 35.3. The zero-order valence-electron chi connectivity index (χ0n) is 15.1. The van der Waals surface area contributed by atoms with Gasteiger partial charge in [0.15, 0.2) is 6.10 Å². The maximum Gasteiger partial charge on any atom is 0.338 e. The Morgan fingerprint density at radius 3 is 2.48 bits per heavy atom. The number of esters is 1. The van der Waals surface area contributed by atoms with Crippen molar-refractivity contribution < 1.29 is 23.5 Å². The molecule has 7 heteroatoms. The van der Waals surface area contributed by atoms with Crippen LogP contribution in [0, 0.1) is 5.82 Å². The molecule has 2 rings (SSSR count). The number of carbonyl (C=O) groups excluding carboxylic acids is 3. The molecule has 27 heavy (non-hydrogen) atoms. The summed E-state index contributed by atoms with van der Waals surface area (Å²) in [6.45, 7) is 3.18. The minimum absolute atomic E-state index is 0.229. The number of nitrogens with one attached hydrogen (secondary N) is 2. The molecule has 2 aromatic rings. The Morgan fingerprint density at radius 2 is 1.81 bits per heavy atom. The number of halogens is 1. The molecule has 0 radical (unpaired) electrons. The zero-order chi connectivity index (χ0) is 19.8. The van der Waals surface area contributed by atoms with Gasteiger partial charge in [0.2, 0.25) is 5.91 Å². The van der Waals surface area contributed by atoms with Crippen molar-refractivity contribution in [3.05, 3.63) is 65.5 Å². The number of hydrogen-bond donors (Lipinski definition) is 2. The predicted octanol–water partition coefficient (Wildman–Crippen LogP) is 2.69. The number of rotatable bonds is 7. The summed E-state index contributed by atoms with van der Waals surface area (Å²) < 4.78 is 18.0. The molecule has 0 saturated carbocycles. The fourth-order valence-corrected chi connectivity index (χ4v) is 2.33. The van der Waals surface area contributed by atoms with Crippen LogP contribution < -0.4 is 10.6 Å². The molecule has 0 bridgehead atoms. The molecule has 0 spiro atoms. The predicted molar refractivity (Wildman–Crippen MR) is 98.7 cm³/mol. The second kappa shape index (κ2) is 9.47. The van der Waals surface area contributed by atoms with Crippen LogP contribution in [0.15, 0.2) is 48.5 Å². The molecule has 0 aliphatic heterocycles. The van der Waals surface area contributed by atoms with Crippen molar-refractivity contribution in [2.45, 2.75) is 26.4 Å². The molecular formula is C20H21FN2O4. The SMILES string of the molecule is CC(=O)Nc1cccc(C(=O)O[C@@H](C)C(=O)NCCc2ccc(F)cc2)c1. The quantitative estimate of drug-likeness (QED) is 0.732. The van der Waals surface area contributed by atoms with Crippen LogP contribution >= 0.6 is 0 Å². The average molecular weight is 372 g/mol. The fraction of sp³-hybridized carbons (Fsp3) is 0.250. The topological polar surface area (TPSA) is 84.5 Å². The summed E-state index contributed by atoms with van der Waals surface area (Å²) in [5.41, 5.74) is 1.58. The molecule has 2 aromatic carbocycles. The van der Waals surface area contributed by atoms with Gasteiger partial charge in [-0.05, 0) is 49.2 Å². The van der Waals surface area contributed by atoms with Crippen molar-refractivity contribution >= 4 is 23.5 Å². The molecule has 0 aromatic heterocycles. The standard InChI is InChI=1S/C20H21FN2O4/c1-13(19(25)22-11-10-15-6-8-17(21)9-7-15)27-20(26)16-4-3-5-18(12-16)23-14(2)24/h3-9,12-13H,10-11H2,1-2H3,(H,22,25)(H,23,24)/t13-/m0/s1. The monoisotopic (exact) mass is 372 g/mol. The van der Waals surface area contributed by atoms with E-state index in [2.05, 4.69) is 10.6 Å². The van der Waals surface area contributed by atoms with E-state index in [4.69, 9.17) is 4.74 Å². The first-order chi connectivity index (χ1) is 12.8. The van der Waals surface area contributed by atoms with Crippen LogP contribution in [0.3, 0.4) is 0 Å². The summed E-state index contributed by atoms with van der Waals surface area (Å²) in [5, 5.41) is 5.25. The van der Waals surface area contributed by atoms with E-state index in [1.807, 2.05) is 0 Å². The van der Waals surface area contributed by atoms with Crippen LogP contribution in [-0.2, 0) is 20.7 Å². The average Bonchev–Trinajstić information content (AvgIpc) is 2.62. The van der Waals surface area contributed by atoms with Gasteiger partial charge < -0.3 is 15.4 Å². The highest BCUT2D eigenvalue weighted by atomic mass is 19.1. The van der Waals surface area contributed by atoms with Gasteiger partial charge in [0.1, 0.15) is 5.82 Å². The normalized spacial score (nSPS) is 11.4. The number of amides is 2. The summed E-state index contributed by atoms with van der Waals surface area (Å²) in [5.74, 6) is -1.66. The summed E-state index contributed by atoms with van der Waals surface area (Å²) in [6, 6.07) is 12.3.